The topological polar surface area (TPSA) is 55.8 Å². The second-order valence-electron chi connectivity index (χ2n) is 6.51. The summed E-state index contributed by atoms with van der Waals surface area (Å²) in [6.07, 6.45) is 0.993. The number of benzene rings is 2. The highest BCUT2D eigenvalue weighted by molar-refractivity contribution is 6.30. The normalized spacial score (nSPS) is 14.7. The molecule has 0 aromatic heterocycles. The van der Waals surface area contributed by atoms with E-state index in [9.17, 15) is 9.59 Å². The first-order valence-electron chi connectivity index (χ1n) is 8.97. The molecule has 2 aromatic rings. The molecule has 5 nitrogen and oxygen atoms in total. The van der Waals surface area contributed by atoms with Crippen LogP contribution in [-0.4, -0.2) is 36.5 Å². The minimum absolute atomic E-state index is 0.185. The van der Waals surface area contributed by atoms with Crippen molar-refractivity contribution in [3.8, 4) is 5.75 Å². The van der Waals surface area contributed by atoms with Gasteiger partial charge in [0.15, 0.2) is 6.61 Å². The fourth-order valence-corrected chi connectivity index (χ4v) is 3.30. The van der Waals surface area contributed by atoms with E-state index in [4.69, 9.17) is 21.1 Å². The Morgan fingerprint density at radius 2 is 1.81 bits per heavy atom. The van der Waals surface area contributed by atoms with E-state index in [1.807, 2.05) is 25.1 Å². The number of ether oxygens (including phenoxy) is 2. The van der Waals surface area contributed by atoms with Crippen molar-refractivity contribution in [2.24, 2.45) is 0 Å². The first-order valence-corrected chi connectivity index (χ1v) is 9.34. The van der Waals surface area contributed by atoms with Gasteiger partial charge in [0.25, 0.3) is 5.91 Å². The zero-order chi connectivity index (χ0) is 19.2. The summed E-state index contributed by atoms with van der Waals surface area (Å²) in [5.74, 6) is -0.223. The molecule has 1 fully saturated rings. The number of aryl methyl sites for hydroxylation is 1. The van der Waals surface area contributed by atoms with Crippen LogP contribution in [0.25, 0.3) is 0 Å². The van der Waals surface area contributed by atoms with E-state index in [1.165, 1.54) is 0 Å². The molecular formula is C21H22ClNO4. The Labute approximate surface area is 163 Å². The third-order valence-corrected chi connectivity index (χ3v) is 4.71. The highest BCUT2D eigenvalue weighted by Gasteiger charge is 2.31. The van der Waals surface area contributed by atoms with Gasteiger partial charge in [0.05, 0.1) is 0 Å². The number of hydrogen-bond acceptors (Lipinski definition) is 4. The lowest BCUT2D eigenvalue weighted by molar-refractivity contribution is -0.162. The molecule has 0 unspecified atom stereocenters. The number of carbonyl (C=O) groups excluding carboxylic acids is 2. The second kappa shape index (κ2) is 8.91. The summed E-state index contributed by atoms with van der Waals surface area (Å²) >= 11 is 5.92. The first kappa shape index (κ1) is 19.2. The van der Waals surface area contributed by atoms with Crippen molar-refractivity contribution in [3.05, 3.63) is 64.7 Å². The standard InChI is InChI=1S/C21H22ClNO4/c1-15-13-17(22)9-10-18(15)26-14-19(24)27-20(16-7-3-2-4-8-16)21(25)23-11-5-6-12-23/h2-4,7-10,13,20H,5-6,11-12,14H2,1H3/t20-/m1/s1. The molecule has 1 aliphatic heterocycles. The van der Waals surface area contributed by atoms with Crippen molar-refractivity contribution >= 4 is 23.5 Å². The van der Waals surface area contributed by atoms with Crippen LogP contribution in [0.15, 0.2) is 48.5 Å². The van der Waals surface area contributed by atoms with Crippen molar-refractivity contribution in [2.45, 2.75) is 25.9 Å². The van der Waals surface area contributed by atoms with Crippen molar-refractivity contribution < 1.29 is 19.1 Å². The third-order valence-electron chi connectivity index (χ3n) is 4.48. The Hall–Kier alpha value is -2.53. The summed E-state index contributed by atoms with van der Waals surface area (Å²) in [6, 6.07) is 14.2. The van der Waals surface area contributed by atoms with Crippen molar-refractivity contribution in [2.75, 3.05) is 19.7 Å². The molecule has 27 heavy (non-hydrogen) atoms. The van der Waals surface area contributed by atoms with Crippen LogP contribution in [0.2, 0.25) is 5.02 Å². The summed E-state index contributed by atoms with van der Waals surface area (Å²) in [5, 5.41) is 0.600. The number of rotatable bonds is 6. The maximum absolute atomic E-state index is 12.8. The summed E-state index contributed by atoms with van der Waals surface area (Å²) < 4.78 is 11.1. The molecule has 1 aliphatic rings. The Morgan fingerprint density at radius 3 is 2.48 bits per heavy atom. The number of carbonyl (C=O) groups is 2. The van der Waals surface area contributed by atoms with Gasteiger partial charge in [-0.15, -0.1) is 0 Å². The molecule has 1 heterocycles. The fourth-order valence-electron chi connectivity index (χ4n) is 3.07. The number of halogens is 1. The van der Waals surface area contributed by atoms with Crippen LogP contribution in [0.5, 0.6) is 5.75 Å². The third kappa shape index (κ3) is 5.01. The van der Waals surface area contributed by atoms with E-state index in [2.05, 4.69) is 0 Å². The summed E-state index contributed by atoms with van der Waals surface area (Å²) in [7, 11) is 0. The van der Waals surface area contributed by atoms with Gasteiger partial charge in [-0.2, -0.15) is 0 Å². The van der Waals surface area contributed by atoms with Gasteiger partial charge in [0, 0.05) is 23.7 Å². The van der Waals surface area contributed by atoms with Crippen LogP contribution >= 0.6 is 11.6 Å². The lowest BCUT2D eigenvalue weighted by atomic mass is 10.1. The van der Waals surface area contributed by atoms with Crippen molar-refractivity contribution in [3.63, 3.8) is 0 Å². The Bertz CT molecular complexity index is 803. The van der Waals surface area contributed by atoms with Gasteiger partial charge in [0.2, 0.25) is 6.10 Å². The zero-order valence-electron chi connectivity index (χ0n) is 15.2. The predicted molar refractivity (Wildman–Crippen MR) is 103 cm³/mol. The Kier molecular flexibility index (Phi) is 6.35. The van der Waals surface area contributed by atoms with E-state index >= 15 is 0 Å². The van der Waals surface area contributed by atoms with Crippen LogP contribution < -0.4 is 4.74 Å². The lowest BCUT2D eigenvalue weighted by Gasteiger charge is -2.23. The Balaban J connectivity index is 1.67. The maximum atomic E-state index is 12.8. The van der Waals surface area contributed by atoms with Crippen molar-refractivity contribution in [1.29, 1.82) is 0 Å². The second-order valence-corrected chi connectivity index (χ2v) is 6.95. The molecule has 6 heteroatoms. The smallest absolute Gasteiger partial charge is 0.345 e. The van der Waals surface area contributed by atoms with Gasteiger partial charge in [-0.25, -0.2) is 4.79 Å². The summed E-state index contributed by atoms with van der Waals surface area (Å²) in [6.45, 7) is 2.95. The molecule has 142 valence electrons. The van der Waals surface area contributed by atoms with Crippen LogP contribution in [0, 0.1) is 6.92 Å². The van der Waals surface area contributed by atoms with Gasteiger partial charge in [-0.05, 0) is 43.5 Å². The summed E-state index contributed by atoms with van der Waals surface area (Å²) in [4.78, 5) is 26.9. The number of amides is 1. The molecular weight excluding hydrogens is 366 g/mol. The first-order chi connectivity index (χ1) is 13.0. The molecule has 0 N–H and O–H groups in total. The quantitative estimate of drug-likeness (QED) is 0.704. The fraction of sp³-hybridized carbons (Fsp3) is 0.333. The molecule has 1 amide bonds. The average molecular weight is 388 g/mol. The minimum Gasteiger partial charge on any atom is -0.482 e. The Morgan fingerprint density at radius 1 is 1.11 bits per heavy atom. The molecule has 3 rings (SSSR count). The van der Waals surface area contributed by atoms with Crippen LogP contribution in [0.4, 0.5) is 0 Å². The average Bonchev–Trinajstić information content (AvgIpc) is 3.20. The number of nitrogens with zero attached hydrogens (tertiary/aromatic N) is 1. The minimum atomic E-state index is -0.952. The number of hydrogen-bond donors (Lipinski definition) is 0. The van der Waals surface area contributed by atoms with E-state index in [0.717, 1.165) is 18.4 Å². The van der Waals surface area contributed by atoms with Crippen LogP contribution in [0.3, 0.4) is 0 Å². The largest absolute Gasteiger partial charge is 0.482 e. The van der Waals surface area contributed by atoms with Crippen LogP contribution in [-0.2, 0) is 14.3 Å². The van der Waals surface area contributed by atoms with Gasteiger partial charge in [-0.1, -0.05) is 41.9 Å². The highest BCUT2D eigenvalue weighted by atomic mass is 35.5. The van der Waals surface area contributed by atoms with Crippen LogP contribution in [0.1, 0.15) is 30.1 Å². The number of esters is 1. The molecule has 2 aromatic carbocycles. The molecule has 1 atom stereocenters. The van der Waals surface area contributed by atoms with Gasteiger partial charge in [0.1, 0.15) is 5.75 Å². The van der Waals surface area contributed by atoms with E-state index < -0.39 is 12.1 Å². The highest BCUT2D eigenvalue weighted by Crippen LogP contribution is 2.24. The molecule has 0 spiro atoms. The maximum Gasteiger partial charge on any atom is 0.345 e. The van der Waals surface area contributed by atoms with E-state index in [1.54, 1.807) is 35.2 Å². The molecule has 0 bridgehead atoms. The number of likely N-dealkylation sites (tertiary alicyclic amines) is 1. The van der Waals surface area contributed by atoms with Gasteiger partial charge < -0.3 is 14.4 Å². The monoisotopic (exact) mass is 387 g/mol. The molecule has 1 saturated heterocycles. The van der Waals surface area contributed by atoms with E-state index in [-0.39, 0.29) is 12.5 Å². The lowest BCUT2D eigenvalue weighted by Crippen LogP contribution is -2.35. The molecule has 0 radical (unpaired) electrons. The zero-order valence-corrected chi connectivity index (χ0v) is 15.9. The van der Waals surface area contributed by atoms with Gasteiger partial charge in [-0.3, -0.25) is 4.79 Å². The van der Waals surface area contributed by atoms with Gasteiger partial charge >= 0.3 is 5.97 Å². The molecule has 0 aliphatic carbocycles. The van der Waals surface area contributed by atoms with Crippen molar-refractivity contribution in [1.82, 2.24) is 4.90 Å². The summed E-state index contributed by atoms with van der Waals surface area (Å²) in [5.41, 5.74) is 1.48. The molecule has 0 saturated carbocycles. The predicted octanol–water partition coefficient (Wildman–Crippen LogP) is 3.93. The SMILES string of the molecule is Cc1cc(Cl)ccc1OCC(=O)O[C@@H](C(=O)N1CCCC1)c1ccccc1. The van der Waals surface area contributed by atoms with E-state index in [0.29, 0.717) is 29.4 Å².